The van der Waals surface area contributed by atoms with Crippen LogP contribution in [0, 0.1) is 6.92 Å². The van der Waals surface area contributed by atoms with Crippen molar-refractivity contribution >= 4 is 39.1 Å². The maximum atomic E-state index is 5.52. The SMILES string of the molecule is Cc1cc(Br)cnc1NC(=S)NC[C@H]1CCCO1. The second-order valence-electron chi connectivity index (χ2n) is 4.29. The van der Waals surface area contributed by atoms with Crippen LogP contribution in [0.3, 0.4) is 0 Å². The zero-order valence-electron chi connectivity index (χ0n) is 10.2. The van der Waals surface area contributed by atoms with Gasteiger partial charge in [-0.05, 0) is 59.5 Å². The van der Waals surface area contributed by atoms with Gasteiger partial charge in [-0.25, -0.2) is 4.98 Å². The van der Waals surface area contributed by atoms with E-state index in [2.05, 4.69) is 31.5 Å². The first-order valence-electron chi connectivity index (χ1n) is 5.94. The molecule has 0 bridgehead atoms. The number of aryl methyl sites for hydroxylation is 1. The molecule has 98 valence electrons. The third-order valence-corrected chi connectivity index (χ3v) is 3.47. The molecule has 6 heteroatoms. The van der Waals surface area contributed by atoms with Crippen LogP contribution in [-0.2, 0) is 4.74 Å². The van der Waals surface area contributed by atoms with Crippen molar-refractivity contribution in [2.24, 2.45) is 0 Å². The van der Waals surface area contributed by atoms with Gasteiger partial charge < -0.3 is 15.4 Å². The molecule has 0 amide bonds. The van der Waals surface area contributed by atoms with Crippen LogP contribution in [0.5, 0.6) is 0 Å². The van der Waals surface area contributed by atoms with Crippen LogP contribution >= 0.6 is 28.1 Å². The summed E-state index contributed by atoms with van der Waals surface area (Å²) in [7, 11) is 0. The van der Waals surface area contributed by atoms with Gasteiger partial charge in [0.1, 0.15) is 5.82 Å². The number of aromatic nitrogens is 1. The zero-order valence-corrected chi connectivity index (χ0v) is 12.6. The Hall–Kier alpha value is -0.720. The van der Waals surface area contributed by atoms with Crippen molar-refractivity contribution in [1.29, 1.82) is 0 Å². The fourth-order valence-corrected chi connectivity index (χ4v) is 2.46. The van der Waals surface area contributed by atoms with Gasteiger partial charge in [-0.3, -0.25) is 0 Å². The largest absolute Gasteiger partial charge is 0.376 e. The Balaban J connectivity index is 1.82. The molecule has 0 unspecified atom stereocenters. The molecule has 1 aliphatic heterocycles. The molecule has 0 aromatic carbocycles. The minimum Gasteiger partial charge on any atom is -0.376 e. The van der Waals surface area contributed by atoms with Crippen LogP contribution in [-0.4, -0.2) is 29.4 Å². The molecule has 2 heterocycles. The molecule has 1 aliphatic rings. The average Bonchev–Trinajstić information content (AvgIpc) is 2.83. The van der Waals surface area contributed by atoms with Crippen molar-refractivity contribution in [3.05, 3.63) is 22.3 Å². The number of nitrogens with one attached hydrogen (secondary N) is 2. The summed E-state index contributed by atoms with van der Waals surface area (Å²) in [4.78, 5) is 4.28. The van der Waals surface area contributed by atoms with E-state index < -0.39 is 0 Å². The van der Waals surface area contributed by atoms with Crippen molar-refractivity contribution in [3.8, 4) is 0 Å². The molecule has 18 heavy (non-hydrogen) atoms. The molecule has 1 aromatic heterocycles. The summed E-state index contributed by atoms with van der Waals surface area (Å²) in [5.74, 6) is 0.781. The van der Waals surface area contributed by atoms with E-state index in [1.54, 1.807) is 6.20 Å². The van der Waals surface area contributed by atoms with E-state index in [9.17, 15) is 0 Å². The monoisotopic (exact) mass is 329 g/mol. The van der Waals surface area contributed by atoms with Gasteiger partial charge in [0.2, 0.25) is 0 Å². The number of thiocarbonyl (C=S) groups is 1. The molecule has 0 radical (unpaired) electrons. The lowest BCUT2D eigenvalue weighted by Crippen LogP contribution is -2.35. The smallest absolute Gasteiger partial charge is 0.172 e. The minimum absolute atomic E-state index is 0.281. The lowest BCUT2D eigenvalue weighted by Gasteiger charge is -2.14. The Kier molecular flexibility index (Phi) is 4.91. The van der Waals surface area contributed by atoms with Crippen LogP contribution < -0.4 is 10.6 Å². The molecule has 0 aliphatic carbocycles. The number of pyridine rings is 1. The molecular formula is C12H16BrN3OS. The molecular weight excluding hydrogens is 314 g/mol. The Labute approximate surface area is 121 Å². The lowest BCUT2D eigenvalue weighted by molar-refractivity contribution is 0.114. The summed E-state index contributed by atoms with van der Waals surface area (Å²) in [6.45, 7) is 3.60. The highest BCUT2D eigenvalue weighted by Crippen LogP contribution is 2.16. The summed E-state index contributed by atoms with van der Waals surface area (Å²) < 4.78 is 6.48. The normalized spacial score (nSPS) is 18.7. The van der Waals surface area contributed by atoms with Gasteiger partial charge in [0.25, 0.3) is 0 Å². The average molecular weight is 330 g/mol. The number of anilines is 1. The van der Waals surface area contributed by atoms with E-state index in [-0.39, 0.29) is 6.10 Å². The van der Waals surface area contributed by atoms with Crippen molar-refractivity contribution in [1.82, 2.24) is 10.3 Å². The van der Waals surface area contributed by atoms with Crippen molar-refractivity contribution in [3.63, 3.8) is 0 Å². The van der Waals surface area contributed by atoms with E-state index in [1.807, 2.05) is 13.0 Å². The number of hydrogen-bond acceptors (Lipinski definition) is 3. The Morgan fingerprint density at radius 3 is 3.17 bits per heavy atom. The van der Waals surface area contributed by atoms with Gasteiger partial charge in [-0.1, -0.05) is 0 Å². The number of rotatable bonds is 3. The Morgan fingerprint density at radius 1 is 1.67 bits per heavy atom. The third-order valence-electron chi connectivity index (χ3n) is 2.79. The van der Waals surface area contributed by atoms with Crippen LogP contribution in [0.25, 0.3) is 0 Å². The topological polar surface area (TPSA) is 46.2 Å². The first kappa shape index (κ1) is 13.7. The number of ether oxygens (including phenoxy) is 1. The molecule has 2 N–H and O–H groups in total. The van der Waals surface area contributed by atoms with Gasteiger partial charge in [0.05, 0.1) is 6.10 Å². The van der Waals surface area contributed by atoms with E-state index in [0.717, 1.165) is 41.8 Å². The van der Waals surface area contributed by atoms with Crippen molar-refractivity contribution in [2.45, 2.75) is 25.9 Å². The molecule has 2 rings (SSSR count). The predicted molar refractivity (Wildman–Crippen MR) is 79.9 cm³/mol. The summed E-state index contributed by atoms with van der Waals surface area (Å²) in [6, 6.07) is 2.00. The summed E-state index contributed by atoms with van der Waals surface area (Å²) in [5, 5.41) is 6.84. The van der Waals surface area contributed by atoms with Gasteiger partial charge in [-0.15, -0.1) is 0 Å². The summed E-state index contributed by atoms with van der Waals surface area (Å²) >= 11 is 8.62. The van der Waals surface area contributed by atoms with E-state index >= 15 is 0 Å². The van der Waals surface area contributed by atoms with Gasteiger partial charge in [0, 0.05) is 23.8 Å². The fourth-order valence-electron chi connectivity index (χ4n) is 1.83. The van der Waals surface area contributed by atoms with Gasteiger partial charge in [-0.2, -0.15) is 0 Å². The van der Waals surface area contributed by atoms with Gasteiger partial charge >= 0.3 is 0 Å². The third kappa shape index (κ3) is 3.90. The number of halogens is 1. The number of nitrogens with zero attached hydrogens (tertiary/aromatic N) is 1. The zero-order chi connectivity index (χ0) is 13.0. The lowest BCUT2D eigenvalue weighted by atomic mass is 10.2. The molecule has 1 fully saturated rings. The summed E-state index contributed by atoms with van der Waals surface area (Å²) in [6.07, 6.45) is 4.27. The van der Waals surface area contributed by atoms with Crippen molar-refractivity contribution in [2.75, 3.05) is 18.5 Å². The Bertz CT molecular complexity index is 435. The quantitative estimate of drug-likeness (QED) is 0.835. The maximum absolute atomic E-state index is 5.52. The van der Waals surface area contributed by atoms with Crippen LogP contribution in [0.1, 0.15) is 18.4 Å². The standard InChI is InChI=1S/C12H16BrN3OS/c1-8-5-9(13)6-14-11(8)16-12(18)15-7-10-3-2-4-17-10/h5-6,10H,2-4,7H2,1H3,(H2,14,15,16,18)/t10-/m1/s1. The second-order valence-corrected chi connectivity index (χ2v) is 5.61. The molecule has 1 aromatic rings. The highest BCUT2D eigenvalue weighted by Gasteiger charge is 2.15. The molecule has 4 nitrogen and oxygen atoms in total. The second kappa shape index (κ2) is 6.45. The molecule has 0 spiro atoms. The molecule has 1 saturated heterocycles. The van der Waals surface area contributed by atoms with E-state index in [0.29, 0.717) is 5.11 Å². The first-order valence-corrected chi connectivity index (χ1v) is 7.14. The van der Waals surface area contributed by atoms with Gasteiger partial charge in [0.15, 0.2) is 5.11 Å². The minimum atomic E-state index is 0.281. The van der Waals surface area contributed by atoms with E-state index in [1.165, 1.54) is 0 Å². The van der Waals surface area contributed by atoms with Crippen LogP contribution in [0.15, 0.2) is 16.7 Å². The van der Waals surface area contributed by atoms with Crippen molar-refractivity contribution < 1.29 is 4.74 Å². The molecule has 1 atom stereocenters. The predicted octanol–water partition coefficient (Wildman–Crippen LogP) is 2.62. The molecule has 0 saturated carbocycles. The van der Waals surface area contributed by atoms with E-state index in [4.69, 9.17) is 17.0 Å². The first-order chi connectivity index (χ1) is 8.65. The maximum Gasteiger partial charge on any atom is 0.172 e. The summed E-state index contributed by atoms with van der Waals surface area (Å²) in [5.41, 5.74) is 1.05. The Morgan fingerprint density at radius 2 is 2.50 bits per heavy atom. The highest BCUT2D eigenvalue weighted by atomic mass is 79.9. The number of hydrogen-bond donors (Lipinski definition) is 2. The van der Waals surface area contributed by atoms with Crippen LogP contribution in [0.2, 0.25) is 0 Å². The fraction of sp³-hybridized carbons (Fsp3) is 0.500. The highest BCUT2D eigenvalue weighted by molar-refractivity contribution is 9.10. The van der Waals surface area contributed by atoms with Crippen LogP contribution in [0.4, 0.5) is 5.82 Å².